The van der Waals surface area contributed by atoms with Crippen LogP contribution in [-0.2, 0) is 4.79 Å². The number of ether oxygens (including phenoxy) is 2. The molecule has 24 heavy (non-hydrogen) atoms. The van der Waals surface area contributed by atoms with Crippen LogP contribution < -0.4 is 25.4 Å². The first-order valence-electron chi connectivity index (χ1n) is 8.28. The Balaban J connectivity index is 2.02. The predicted molar refractivity (Wildman–Crippen MR) is 95.7 cm³/mol. The van der Waals surface area contributed by atoms with Crippen LogP contribution >= 0.6 is 0 Å². The molecule has 1 fully saturated rings. The maximum Gasteiger partial charge on any atom is 0.237 e. The lowest BCUT2D eigenvalue weighted by atomic mass is 9.87. The van der Waals surface area contributed by atoms with E-state index in [2.05, 4.69) is 10.2 Å². The number of carbonyl (C=O) groups is 1. The summed E-state index contributed by atoms with van der Waals surface area (Å²) in [5.41, 5.74) is 6.82. The molecule has 2 rings (SSSR count). The van der Waals surface area contributed by atoms with Gasteiger partial charge in [0.05, 0.1) is 20.3 Å². The topological polar surface area (TPSA) is 76.8 Å². The molecule has 0 aromatic heterocycles. The van der Waals surface area contributed by atoms with Crippen LogP contribution in [0.5, 0.6) is 11.5 Å². The molecule has 6 heteroatoms. The smallest absolute Gasteiger partial charge is 0.237 e. The second-order valence-electron chi connectivity index (χ2n) is 7.35. The van der Waals surface area contributed by atoms with E-state index in [9.17, 15) is 4.79 Å². The molecule has 0 spiro atoms. The number of hydrogen-bond donors (Lipinski definition) is 2. The minimum Gasteiger partial charge on any atom is -0.497 e. The second-order valence-corrected chi connectivity index (χ2v) is 7.35. The Labute approximate surface area is 144 Å². The molecule has 6 nitrogen and oxygen atoms in total. The summed E-state index contributed by atoms with van der Waals surface area (Å²) >= 11 is 0. The summed E-state index contributed by atoms with van der Waals surface area (Å²) in [4.78, 5) is 14.5. The molecule has 2 atom stereocenters. The van der Waals surface area contributed by atoms with Crippen molar-refractivity contribution in [1.82, 2.24) is 5.32 Å². The van der Waals surface area contributed by atoms with Gasteiger partial charge in [-0.25, -0.2) is 0 Å². The standard InChI is InChI=1S/C18H29N3O3/c1-18(2,3)16(19)17(22)20-12-6-7-21(11-12)13-8-14(23-4)10-15(9-13)24-5/h8-10,12,16H,6-7,11,19H2,1-5H3,(H,20,22)/t12?,16-/m1/s1. The van der Waals surface area contributed by atoms with Crippen molar-refractivity contribution in [3.63, 3.8) is 0 Å². The van der Waals surface area contributed by atoms with E-state index in [-0.39, 0.29) is 17.4 Å². The zero-order valence-corrected chi connectivity index (χ0v) is 15.3. The fourth-order valence-corrected chi connectivity index (χ4v) is 2.77. The van der Waals surface area contributed by atoms with Gasteiger partial charge in [0.25, 0.3) is 0 Å². The van der Waals surface area contributed by atoms with Gasteiger partial charge in [-0.3, -0.25) is 4.79 Å². The van der Waals surface area contributed by atoms with Gasteiger partial charge in [-0.1, -0.05) is 20.8 Å². The Hall–Kier alpha value is -1.95. The van der Waals surface area contributed by atoms with Crippen LogP contribution in [0.4, 0.5) is 5.69 Å². The molecule has 1 aliphatic heterocycles. The average molecular weight is 335 g/mol. The summed E-state index contributed by atoms with van der Waals surface area (Å²) in [6.07, 6.45) is 0.891. The maximum absolute atomic E-state index is 12.3. The van der Waals surface area contributed by atoms with E-state index in [0.717, 1.165) is 36.7 Å². The molecule has 134 valence electrons. The lowest BCUT2D eigenvalue weighted by Gasteiger charge is -2.27. The number of nitrogens with zero attached hydrogens (tertiary/aromatic N) is 1. The largest absolute Gasteiger partial charge is 0.497 e. The van der Waals surface area contributed by atoms with E-state index in [1.165, 1.54) is 0 Å². The molecular weight excluding hydrogens is 306 g/mol. The number of nitrogens with one attached hydrogen (secondary N) is 1. The normalized spacial score (nSPS) is 19.1. The third kappa shape index (κ3) is 4.32. The van der Waals surface area contributed by atoms with Crippen molar-refractivity contribution in [3.05, 3.63) is 18.2 Å². The minimum absolute atomic E-state index is 0.0856. The zero-order chi connectivity index (χ0) is 17.9. The molecule has 1 saturated heterocycles. The highest BCUT2D eigenvalue weighted by Crippen LogP contribution is 2.30. The minimum atomic E-state index is -0.511. The average Bonchev–Trinajstić information content (AvgIpc) is 3.01. The van der Waals surface area contributed by atoms with Gasteiger partial charge in [0.15, 0.2) is 0 Å². The molecule has 0 aliphatic carbocycles. The third-order valence-electron chi connectivity index (χ3n) is 4.45. The Morgan fingerprint density at radius 1 is 1.25 bits per heavy atom. The van der Waals surface area contributed by atoms with Crippen molar-refractivity contribution in [3.8, 4) is 11.5 Å². The van der Waals surface area contributed by atoms with Crippen LogP contribution in [-0.4, -0.2) is 45.3 Å². The Kier molecular flexibility index (Phi) is 5.59. The SMILES string of the molecule is COc1cc(OC)cc(N2CCC(NC(=O)[C@@H](N)C(C)(C)C)C2)c1. The van der Waals surface area contributed by atoms with Crippen LogP contribution in [0.2, 0.25) is 0 Å². The van der Waals surface area contributed by atoms with Gasteiger partial charge in [-0.2, -0.15) is 0 Å². The molecule has 1 aromatic rings. The Bertz CT molecular complexity index is 561. The van der Waals surface area contributed by atoms with Gasteiger partial charge >= 0.3 is 0 Å². The predicted octanol–water partition coefficient (Wildman–Crippen LogP) is 1.77. The maximum atomic E-state index is 12.3. The van der Waals surface area contributed by atoms with Crippen LogP contribution in [0.1, 0.15) is 27.2 Å². The summed E-state index contributed by atoms with van der Waals surface area (Å²) in [6.45, 7) is 7.53. The van der Waals surface area contributed by atoms with Crippen LogP contribution in [0, 0.1) is 5.41 Å². The van der Waals surface area contributed by atoms with E-state index >= 15 is 0 Å². The molecule has 1 unspecified atom stereocenters. The van der Waals surface area contributed by atoms with Crippen molar-refractivity contribution in [2.45, 2.75) is 39.3 Å². The van der Waals surface area contributed by atoms with Crippen LogP contribution in [0.25, 0.3) is 0 Å². The molecule has 1 amide bonds. The van der Waals surface area contributed by atoms with Gasteiger partial charge in [0, 0.05) is 43.0 Å². The number of hydrogen-bond acceptors (Lipinski definition) is 5. The second kappa shape index (κ2) is 7.30. The number of carbonyl (C=O) groups excluding carboxylic acids is 1. The molecule has 3 N–H and O–H groups in total. The van der Waals surface area contributed by atoms with E-state index < -0.39 is 6.04 Å². The van der Waals surface area contributed by atoms with Gasteiger partial charge < -0.3 is 25.4 Å². The van der Waals surface area contributed by atoms with Gasteiger partial charge in [0.2, 0.25) is 5.91 Å². The summed E-state index contributed by atoms with van der Waals surface area (Å²) in [5, 5.41) is 3.07. The lowest BCUT2D eigenvalue weighted by molar-refractivity contribution is -0.125. The van der Waals surface area contributed by atoms with E-state index in [1.54, 1.807) is 14.2 Å². The molecular formula is C18H29N3O3. The van der Waals surface area contributed by atoms with Crippen LogP contribution in [0.15, 0.2) is 18.2 Å². The monoisotopic (exact) mass is 335 g/mol. The molecule has 1 aromatic carbocycles. The number of nitrogens with two attached hydrogens (primary N) is 1. The summed E-state index contributed by atoms with van der Waals surface area (Å²) in [5.74, 6) is 1.43. The first kappa shape index (κ1) is 18.4. The molecule has 0 saturated carbocycles. The number of benzene rings is 1. The number of rotatable bonds is 5. The van der Waals surface area contributed by atoms with Crippen molar-refractivity contribution >= 4 is 11.6 Å². The van der Waals surface area contributed by atoms with E-state index in [0.29, 0.717) is 0 Å². The Morgan fingerprint density at radius 2 is 1.83 bits per heavy atom. The number of methoxy groups -OCH3 is 2. The number of amides is 1. The van der Waals surface area contributed by atoms with E-state index in [1.807, 2.05) is 39.0 Å². The molecule has 1 heterocycles. The summed E-state index contributed by atoms with van der Waals surface area (Å²) in [6, 6.07) is 5.40. The highest BCUT2D eigenvalue weighted by Gasteiger charge is 2.31. The molecule has 1 aliphatic rings. The van der Waals surface area contributed by atoms with E-state index in [4.69, 9.17) is 15.2 Å². The fourth-order valence-electron chi connectivity index (χ4n) is 2.77. The Morgan fingerprint density at radius 3 is 2.33 bits per heavy atom. The highest BCUT2D eigenvalue weighted by molar-refractivity contribution is 5.82. The summed E-state index contributed by atoms with van der Waals surface area (Å²) in [7, 11) is 3.28. The number of anilines is 1. The van der Waals surface area contributed by atoms with Crippen LogP contribution in [0.3, 0.4) is 0 Å². The van der Waals surface area contributed by atoms with Crippen molar-refractivity contribution < 1.29 is 14.3 Å². The van der Waals surface area contributed by atoms with Crippen molar-refractivity contribution in [1.29, 1.82) is 0 Å². The van der Waals surface area contributed by atoms with Crippen molar-refractivity contribution in [2.75, 3.05) is 32.2 Å². The lowest BCUT2D eigenvalue weighted by Crippen LogP contribution is -2.51. The van der Waals surface area contributed by atoms with Gasteiger partial charge in [-0.05, 0) is 11.8 Å². The third-order valence-corrected chi connectivity index (χ3v) is 4.45. The first-order valence-corrected chi connectivity index (χ1v) is 8.28. The van der Waals surface area contributed by atoms with Gasteiger partial charge in [0.1, 0.15) is 11.5 Å². The fraction of sp³-hybridized carbons (Fsp3) is 0.611. The molecule has 0 bridgehead atoms. The first-order chi connectivity index (χ1) is 11.2. The molecule has 0 radical (unpaired) electrons. The highest BCUT2D eigenvalue weighted by atomic mass is 16.5. The van der Waals surface area contributed by atoms with Gasteiger partial charge in [-0.15, -0.1) is 0 Å². The quantitative estimate of drug-likeness (QED) is 0.858. The zero-order valence-electron chi connectivity index (χ0n) is 15.3. The summed E-state index contributed by atoms with van der Waals surface area (Å²) < 4.78 is 10.6. The van der Waals surface area contributed by atoms with Crippen molar-refractivity contribution in [2.24, 2.45) is 11.1 Å².